The van der Waals surface area contributed by atoms with Crippen LogP contribution in [0.4, 0.5) is 0 Å². The predicted molar refractivity (Wildman–Crippen MR) is 110 cm³/mol. The maximum Gasteiger partial charge on any atom is 0.242 e. The molecule has 0 radical (unpaired) electrons. The number of nitrogens with zero attached hydrogens (tertiary/aromatic N) is 1. The minimum Gasteiger partial charge on any atom is -0.475 e. The summed E-state index contributed by atoms with van der Waals surface area (Å²) in [6, 6.07) is 10.1. The first-order valence-electron chi connectivity index (χ1n) is 9.46. The van der Waals surface area contributed by atoms with Crippen molar-refractivity contribution in [3.05, 3.63) is 53.2 Å². The molecule has 0 spiro atoms. The van der Waals surface area contributed by atoms with E-state index in [1.54, 1.807) is 18.2 Å². The van der Waals surface area contributed by atoms with Gasteiger partial charge in [-0.2, -0.15) is 0 Å². The van der Waals surface area contributed by atoms with Gasteiger partial charge in [-0.3, -0.25) is 0 Å². The third-order valence-corrected chi connectivity index (χ3v) is 6.42. The van der Waals surface area contributed by atoms with Crippen LogP contribution < -0.4 is 14.8 Å². The zero-order valence-corrected chi connectivity index (χ0v) is 17.6. The molecule has 0 saturated carbocycles. The molecule has 0 amide bonds. The SMILES string of the molecule is CC(C)Oc1ccc(S(=O)(=O)N[C@@H](c2ccc(Cl)cc2)C2CCNCC2)cn1. The minimum atomic E-state index is -3.73. The molecule has 1 aliphatic heterocycles. The maximum absolute atomic E-state index is 13.0. The van der Waals surface area contributed by atoms with Crippen molar-refractivity contribution in [2.24, 2.45) is 5.92 Å². The molecular formula is C20H26ClN3O3S. The van der Waals surface area contributed by atoms with E-state index in [2.05, 4.69) is 15.0 Å². The summed E-state index contributed by atoms with van der Waals surface area (Å²) in [5, 5.41) is 3.95. The van der Waals surface area contributed by atoms with Crippen LogP contribution >= 0.6 is 11.6 Å². The highest BCUT2D eigenvalue weighted by Gasteiger charge is 2.29. The summed E-state index contributed by atoms with van der Waals surface area (Å²) in [4.78, 5) is 4.24. The van der Waals surface area contributed by atoms with Crippen LogP contribution in [0.2, 0.25) is 5.02 Å². The third kappa shape index (κ3) is 5.44. The van der Waals surface area contributed by atoms with E-state index < -0.39 is 10.0 Å². The van der Waals surface area contributed by atoms with Crippen molar-refractivity contribution in [3.63, 3.8) is 0 Å². The Morgan fingerprint density at radius 2 is 1.82 bits per heavy atom. The fraction of sp³-hybridized carbons (Fsp3) is 0.450. The van der Waals surface area contributed by atoms with Crippen LogP contribution in [0.1, 0.15) is 38.3 Å². The van der Waals surface area contributed by atoms with Gasteiger partial charge < -0.3 is 10.1 Å². The Morgan fingerprint density at radius 1 is 1.14 bits per heavy atom. The number of pyridine rings is 1. The zero-order valence-electron chi connectivity index (χ0n) is 16.1. The molecule has 6 nitrogen and oxygen atoms in total. The lowest BCUT2D eigenvalue weighted by atomic mass is 9.87. The second-order valence-corrected chi connectivity index (χ2v) is 9.39. The smallest absolute Gasteiger partial charge is 0.242 e. The van der Waals surface area contributed by atoms with Crippen molar-refractivity contribution in [1.29, 1.82) is 0 Å². The predicted octanol–water partition coefficient (Wildman–Crippen LogP) is 3.54. The van der Waals surface area contributed by atoms with E-state index >= 15 is 0 Å². The fourth-order valence-corrected chi connectivity index (χ4v) is 4.72. The number of nitrogens with one attached hydrogen (secondary N) is 2. The average molecular weight is 424 g/mol. The average Bonchev–Trinajstić information content (AvgIpc) is 2.68. The summed E-state index contributed by atoms with van der Waals surface area (Å²) in [5.74, 6) is 0.607. The van der Waals surface area contributed by atoms with Crippen molar-refractivity contribution < 1.29 is 13.2 Å². The first kappa shape index (κ1) is 21.0. The second-order valence-electron chi connectivity index (χ2n) is 7.24. The van der Waals surface area contributed by atoms with Crippen LogP contribution in [0, 0.1) is 5.92 Å². The molecular weight excluding hydrogens is 398 g/mol. The molecule has 3 rings (SSSR count). The quantitative estimate of drug-likeness (QED) is 0.711. The maximum atomic E-state index is 13.0. The Kier molecular flexibility index (Phi) is 6.93. The van der Waals surface area contributed by atoms with E-state index in [0.717, 1.165) is 31.5 Å². The number of halogens is 1. The number of ether oxygens (including phenoxy) is 1. The highest BCUT2D eigenvalue weighted by atomic mass is 35.5. The lowest BCUT2D eigenvalue weighted by Crippen LogP contribution is -2.38. The first-order valence-corrected chi connectivity index (χ1v) is 11.3. The van der Waals surface area contributed by atoms with E-state index in [4.69, 9.17) is 16.3 Å². The number of hydrogen-bond acceptors (Lipinski definition) is 5. The van der Waals surface area contributed by atoms with Gasteiger partial charge in [-0.05, 0) is 69.5 Å². The number of sulfonamides is 1. The minimum absolute atomic E-state index is 0.0257. The van der Waals surface area contributed by atoms with Crippen LogP contribution in [-0.2, 0) is 10.0 Å². The van der Waals surface area contributed by atoms with Crippen molar-refractivity contribution in [2.45, 2.75) is 43.7 Å². The molecule has 28 heavy (non-hydrogen) atoms. The van der Waals surface area contributed by atoms with Gasteiger partial charge in [0.05, 0.1) is 12.3 Å². The molecule has 0 unspecified atom stereocenters. The summed E-state index contributed by atoms with van der Waals surface area (Å²) < 4.78 is 34.4. The Bertz CT molecular complexity index is 865. The highest BCUT2D eigenvalue weighted by Crippen LogP contribution is 2.31. The number of hydrogen-bond donors (Lipinski definition) is 2. The van der Waals surface area contributed by atoms with Crippen molar-refractivity contribution >= 4 is 21.6 Å². The normalized spacial score (nSPS) is 16.9. The van der Waals surface area contributed by atoms with Gasteiger partial charge in [-0.25, -0.2) is 18.1 Å². The standard InChI is InChI=1S/C20H26ClN3O3S/c1-14(2)27-19-8-7-18(13-23-19)28(25,26)24-20(16-9-11-22-12-10-16)15-3-5-17(21)6-4-15/h3-8,13-14,16,20,22,24H,9-12H2,1-2H3/t20-/m0/s1. The molecule has 0 bridgehead atoms. The van der Waals surface area contributed by atoms with Gasteiger partial charge in [0.2, 0.25) is 15.9 Å². The van der Waals surface area contributed by atoms with Crippen molar-refractivity contribution in [3.8, 4) is 5.88 Å². The zero-order chi connectivity index (χ0) is 20.1. The van der Waals surface area contributed by atoms with Crippen molar-refractivity contribution in [1.82, 2.24) is 15.0 Å². The van der Waals surface area contributed by atoms with Gasteiger partial charge in [0, 0.05) is 17.1 Å². The summed E-state index contributed by atoms with van der Waals surface area (Å²) >= 11 is 6.01. The van der Waals surface area contributed by atoms with Gasteiger partial charge in [-0.15, -0.1) is 0 Å². The first-order chi connectivity index (χ1) is 13.3. The molecule has 2 N–H and O–H groups in total. The van der Waals surface area contributed by atoms with E-state index in [0.29, 0.717) is 10.9 Å². The van der Waals surface area contributed by atoms with E-state index in [-0.39, 0.29) is 23.0 Å². The van der Waals surface area contributed by atoms with E-state index in [1.165, 1.54) is 12.3 Å². The lowest BCUT2D eigenvalue weighted by molar-refractivity contribution is 0.232. The van der Waals surface area contributed by atoms with Gasteiger partial charge in [0.25, 0.3) is 0 Å². The molecule has 2 heterocycles. The number of piperidine rings is 1. The number of benzene rings is 1. The molecule has 8 heteroatoms. The molecule has 1 saturated heterocycles. The molecule has 0 aliphatic carbocycles. The Labute approximate surface area is 171 Å². The Balaban J connectivity index is 1.84. The Morgan fingerprint density at radius 3 is 2.39 bits per heavy atom. The van der Waals surface area contributed by atoms with Crippen LogP contribution in [0.5, 0.6) is 5.88 Å². The van der Waals surface area contributed by atoms with Crippen LogP contribution in [0.15, 0.2) is 47.5 Å². The molecule has 1 aromatic carbocycles. The Hall–Kier alpha value is -1.67. The monoisotopic (exact) mass is 423 g/mol. The van der Waals surface area contributed by atoms with E-state index in [1.807, 2.05) is 26.0 Å². The topological polar surface area (TPSA) is 80.3 Å². The van der Waals surface area contributed by atoms with Crippen molar-refractivity contribution in [2.75, 3.05) is 13.1 Å². The molecule has 1 atom stereocenters. The summed E-state index contributed by atoms with van der Waals surface area (Å²) in [6.07, 6.45) is 3.11. The molecule has 152 valence electrons. The van der Waals surface area contributed by atoms with Gasteiger partial charge in [0.1, 0.15) is 4.90 Å². The molecule has 1 aliphatic rings. The van der Waals surface area contributed by atoms with Gasteiger partial charge >= 0.3 is 0 Å². The summed E-state index contributed by atoms with van der Waals surface area (Å²) in [7, 11) is -3.73. The fourth-order valence-electron chi connectivity index (χ4n) is 3.36. The molecule has 2 aromatic rings. The second kappa shape index (κ2) is 9.22. The van der Waals surface area contributed by atoms with Crippen LogP contribution in [-0.4, -0.2) is 32.6 Å². The van der Waals surface area contributed by atoms with E-state index in [9.17, 15) is 8.42 Å². The summed E-state index contributed by atoms with van der Waals surface area (Å²) in [5.41, 5.74) is 0.910. The van der Waals surface area contributed by atoms with Crippen LogP contribution in [0.3, 0.4) is 0 Å². The molecule has 1 fully saturated rings. The number of aromatic nitrogens is 1. The lowest BCUT2D eigenvalue weighted by Gasteiger charge is -2.31. The summed E-state index contributed by atoms with van der Waals surface area (Å²) in [6.45, 7) is 5.53. The van der Waals surface area contributed by atoms with Crippen LogP contribution in [0.25, 0.3) is 0 Å². The third-order valence-electron chi connectivity index (χ3n) is 4.74. The molecule has 1 aromatic heterocycles. The largest absolute Gasteiger partial charge is 0.475 e. The highest BCUT2D eigenvalue weighted by molar-refractivity contribution is 7.89. The van der Waals surface area contributed by atoms with Gasteiger partial charge in [-0.1, -0.05) is 23.7 Å². The van der Waals surface area contributed by atoms with Gasteiger partial charge in [0.15, 0.2) is 0 Å². The number of rotatable bonds is 7.